The smallest absolute Gasteiger partial charge is 0.326 e. The predicted octanol–water partition coefficient (Wildman–Crippen LogP) is -4.30. The summed E-state index contributed by atoms with van der Waals surface area (Å²) in [6.45, 7) is 3.61. The topological polar surface area (TPSA) is 301 Å². The van der Waals surface area contributed by atoms with Crippen LogP contribution in [0.25, 0.3) is 0 Å². The average Bonchev–Trinajstić information content (AvgIpc) is 2.73. The van der Waals surface area contributed by atoms with Crippen molar-refractivity contribution in [3.63, 3.8) is 0 Å². The number of aliphatic imine (C=N–C) groups is 1. The summed E-state index contributed by atoms with van der Waals surface area (Å²) in [7, 11) is 0. The lowest BCUT2D eigenvalue weighted by Crippen LogP contribution is -2.58. The first-order valence-corrected chi connectivity index (χ1v) is 11.1. The number of hydrogen-bond donors (Lipinski definition) is 9. The van der Waals surface area contributed by atoms with Crippen molar-refractivity contribution >= 4 is 41.5 Å². The number of primary amides is 2. The molecule has 0 saturated heterocycles. The number of amides is 5. The molecule has 0 aromatic carbocycles. The van der Waals surface area contributed by atoms with E-state index < -0.39 is 72.5 Å². The zero-order valence-corrected chi connectivity index (χ0v) is 20.4. The van der Waals surface area contributed by atoms with E-state index in [-0.39, 0.29) is 37.7 Å². The average molecular weight is 516 g/mol. The van der Waals surface area contributed by atoms with Crippen molar-refractivity contribution in [3.8, 4) is 0 Å². The Balaban J connectivity index is 5.65. The molecule has 4 atom stereocenters. The van der Waals surface area contributed by atoms with Gasteiger partial charge in [0.15, 0.2) is 5.96 Å². The van der Waals surface area contributed by atoms with E-state index in [4.69, 9.17) is 28.7 Å². The van der Waals surface area contributed by atoms with Gasteiger partial charge < -0.3 is 49.7 Å². The fourth-order valence-electron chi connectivity index (χ4n) is 3.01. The maximum atomic E-state index is 13.0. The van der Waals surface area contributed by atoms with Crippen LogP contribution in [0.2, 0.25) is 0 Å². The summed E-state index contributed by atoms with van der Waals surface area (Å²) in [6, 6.07) is -5.42. The number of guanidine groups is 1. The maximum Gasteiger partial charge on any atom is 0.326 e. The minimum Gasteiger partial charge on any atom is -0.480 e. The Bertz CT molecular complexity index is 843. The monoisotopic (exact) mass is 515 g/mol. The van der Waals surface area contributed by atoms with Gasteiger partial charge in [0.1, 0.15) is 18.1 Å². The van der Waals surface area contributed by atoms with Gasteiger partial charge in [0.25, 0.3) is 0 Å². The van der Waals surface area contributed by atoms with Gasteiger partial charge in [0.05, 0.1) is 18.9 Å². The Morgan fingerprint density at radius 3 is 1.75 bits per heavy atom. The van der Waals surface area contributed by atoms with Crippen molar-refractivity contribution in [2.75, 3.05) is 6.54 Å². The van der Waals surface area contributed by atoms with E-state index in [9.17, 15) is 33.9 Å². The highest BCUT2D eigenvalue weighted by Crippen LogP contribution is 2.07. The molecule has 0 bridgehead atoms. The lowest BCUT2D eigenvalue weighted by molar-refractivity contribution is -0.143. The number of nitrogens with one attached hydrogen (secondary N) is 3. The zero-order chi connectivity index (χ0) is 28.0. The summed E-state index contributed by atoms with van der Waals surface area (Å²) < 4.78 is 0. The van der Waals surface area contributed by atoms with E-state index in [1.165, 1.54) is 0 Å². The molecular formula is C20H37N9O7. The first kappa shape index (κ1) is 32.0. The molecule has 0 spiro atoms. The van der Waals surface area contributed by atoms with Crippen LogP contribution in [0.15, 0.2) is 4.99 Å². The number of carbonyl (C=O) groups excluding carboxylic acids is 5. The summed E-state index contributed by atoms with van der Waals surface area (Å²) in [4.78, 5) is 75.8. The second kappa shape index (κ2) is 15.9. The molecular weight excluding hydrogens is 478 g/mol. The molecule has 0 aliphatic carbocycles. The first-order chi connectivity index (χ1) is 16.6. The third-order valence-electron chi connectivity index (χ3n) is 4.70. The Morgan fingerprint density at radius 1 is 0.778 bits per heavy atom. The molecule has 16 nitrogen and oxygen atoms in total. The molecule has 0 aromatic heterocycles. The van der Waals surface area contributed by atoms with Crippen LogP contribution in [0.4, 0.5) is 0 Å². The summed E-state index contributed by atoms with van der Waals surface area (Å²) in [5, 5.41) is 16.3. The van der Waals surface area contributed by atoms with Gasteiger partial charge in [-0.1, -0.05) is 13.8 Å². The second-order valence-electron chi connectivity index (χ2n) is 8.55. The largest absolute Gasteiger partial charge is 0.480 e. The molecule has 204 valence electrons. The minimum atomic E-state index is -1.53. The molecule has 4 unspecified atom stereocenters. The molecule has 0 aromatic rings. The van der Waals surface area contributed by atoms with Gasteiger partial charge in [0.2, 0.25) is 29.5 Å². The second-order valence-corrected chi connectivity index (χ2v) is 8.55. The number of rotatable bonds is 17. The van der Waals surface area contributed by atoms with Gasteiger partial charge in [-0.25, -0.2) is 4.79 Å². The lowest BCUT2D eigenvalue weighted by atomic mass is 10.0. The highest BCUT2D eigenvalue weighted by atomic mass is 16.4. The van der Waals surface area contributed by atoms with Crippen LogP contribution in [-0.4, -0.2) is 77.3 Å². The van der Waals surface area contributed by atoms with E-state index in [0.717, 1.165) is 0 Å². The summed E-state index contributed by atoms with van der Waals surface area (Å²) in [5.74, 6) is -6.05. The zero-order valence-electron chi connectivity index (χ0n) is 20.4. The van der Waals surface area contributed by atoms with Gasteiger partial charge in [-0.05, 0) is 25.2 Å². The fraction of sp³-hybridized carbons (Fsp3) is 0.650. The van der Waals surface area contributed by atoms with E-state index in [1.54, 1.807) is 13.8 Å². The minimum absolute atomic E-state index is 0.0202. The quantitative estimate of drug-likeness (QED) is 0.0509. The molecule has 0 aliphatic heterocycles. The molecule has 14 N–H and O–H groups in total. The van der Waals surface area contributed by atoms with Crippen LogP contribution < -0.4 is 44.6 Å². The SMILES string of the molecule is CC(C)CC(NC(=O)C(CC(N)=O)NC(=O)C(CCCN=C(N)N)NC(=O)C(N)CC(N)=O)C(=O)O. The van der Waals surface area contributed by atoms with Crippen LogP contribution in [0.3, 0.4) is 0 Å². The molecule has 0 heterocycles. The molecule has 0 saturated carbocycles. The maximum absolute atomic E-state index is 13.0. The standard InChI is InChI=1S/C20H37N9O7/c1-9(2)6-13(19(35)36)29-18(34)12(8-15(23)31)28-17(33)11(4-3-5-26-20(24)25)27-16(32)10(21)7-14(22)30/h9-13H,3-8,21H2,1-2H3,(H2,22,30)(H2,23,31)(H,27,32)(H,28,33)(H,29,34)(H,35,36)(H4,24,25,26). The number of carboxylic acid groups (broad SMARTS) is 1. The van der Waals surface area contributed by atoms with Gasteiger partial charge >= 0.3 is 5.97 Å². The molecule has 0 radical (unpaired) electrons. The van der Waals surface area contributed by atoms with Crippen LogP contribution in [0.1, 0.15) is 46.0 Å². The molecule has 0 fully saturated rings. The highest BCUT2D eigenvalue weighted by molar-refractivity contribution is 5.96. The van der Waals surface area contributed by atoms with E-state index in [2.05, 4.69) is 20.9 Å². The van der Waals surface area contributed by atoms with Crippen molar-refractivity contribution < 1.29 is 33.9 Å². The molecule has 0 aliphatic rings. The van der Waals surface area contributed by atoms with Crippen LogP contribution >= 0.6 is 0 Å². The number of carbonyl (C=O) groups is 6. The van der Waals surface area contributed by atoms with Crippen molar-refractivity contribution in [2.24, 2.45) is 39.6 Å². The van der Waals surface area contributed by atoms with Gasteiger partial charge in [-0.2, -0.15) is 0 Å². The molecule has 36 heavy (non-hydrogen) atoms. The molecule has 5 amide bonds. The molecule has 16 heteroatoms. The van der Waals surface area contributed by atoms with Crippen LogP contribution in [0, 0.1) is 5.92 Å². The van der Waals surface area contributed by atoms with Gasteiger partial charge in [-0.3, -0.25) is 29.0 Å². The van der Waals surface area contributed by atoms with E-state index in [1.807, 2.05) is 0 Å². The Kier molecular flexibility index (Phi) is 14.1. The van der Waals surface area contributed by atoms with Crippen molar-refractivity contribution in [3.05, 3.63) is 0 Å². The lowest BCUT2D eigenvalue weighted by Gasteiger charge is -2.25. The number of nitrogens with two attached hydrogens (primary N) is 5. The Morgan fingerprint density at radius 2 is 1.28 bits per heavy atom. The Hall–Kier alpha value is -3.95. The number of carboxylic acids is 1. The van der Waals surface area contributed by atoms with Gasteiger partial charge in [0, 0.05) is 6.54 Å². The number of nitrogens with zero attached hydrogens (tertiary/aromatic N) is 1. The van der Waals surface area contributed by atoms with Crippen molar-refractivity contribution in [2.45, 2.75) is 70.1 Å². The van der Waals surface area contributed by atoms with Crippen LogP contribution in [-0.2, 0) is 28.8 Å². The normalized spacial score (nSPS) is 14.0. The fourth-order valence-corrected chi connectivity index (χ4v) is 3.01. The Labute approximate surface area is 208 Å². The predicted molar refractivity (Wildman–Crippen MR) is 128 cm³/mol. The highest BCUT2D eigenvalue weighted by Gasteiger charge is 2.31. The third-order valence-corrected chi connectivity index (χ3v) is 4.70. The van der Waals surface area contributed by atoms with Crippen molar-refractivity contribution in [1.82, 2.24) is 16.0 Å². The summed E-state index contributed by atoms with van der Waals surface area (Å²) in [5.41, 5.74) is 26.4. The van der Waals surface area contributed by atoms with Crippen molar-refractivity contribution in [1.29, 1.82) is 0 Å². The number of aliphatic carboxylic acids is 1. The van der Waals surface area contributed by atoms with Gasteiger partial charge in [-0.15, -0.1) is 0 Å². The van der Waals surface area contributed by atoms with E-state index >= 15 is 0 Å². The number of hydrogen-bond acceptors (Lipinski definition) is 8. The summed E-state index contributed by atoms with van der Waals surface area (Å²) in [6.07, 6.45) is -0.828. The molecule has 0 rings (SSSR count). The van der Waals surface area contributed by atoms with Crippen LogP contribution in [0.5, 0.6) is 0 Å². The summed E-state index contributed by atoms with van der Waals surface area (Å²) >= 11 is 0. The van der Waals surface area contributed by atoms with E-state index in [0.29, 0.717) is 0 Å². The first-order valence-electron chi connectivity index (χ1n) is 11.1. The third kappa shape index (κ3) is 13.7.